The number of unbranched alkanes of at least 4 members (excludes halogenated alkanes) is 2. The average molecular weight is 257 g/mol. The monoisotopic (exact) mass is 257 g/mol. The van der Waals surface area contributed by atoms with Gasteiger partial charge < -0.3 is 5.73 Å². The Balaban J connectivity index is 2.53. The second-order valence-corrected chi connectivity index (χ2v) is 5.70. The predicted octanol–water partition coefficient (Wildman–Crippen LogP) is 2.72. The standard InChI is InChI=1S/C13H20FNOS/c1-2-3-4-7-17(16)10-12-6-5-11(9-15)8-13(12)14/h5-6,8H,2-4,7,9-10,15H2,1H3. The molecule has 0 aliphatic heterocycles. The summed E-state index contributed by atoms with van der Waals surface area (Å²) in [4.78, 5) is 0. The summed E-state index contributed by atoms with van der Waals surface area (Å²) >= 11 is 0. The van der Waals surface area contributed by atoms with E-state index in [-0.39, 0.29) is 5.82 Å². The van der Waals surface area contributed by atoms with Crippen molar-refractivity contribution in [2.45, 2.75) is 38.5 Å². The Morgan fingerprint density at radius 3 is 2.71 bits per heavy atom. The van der Waals surface area contributed by atoms with Gasteiger partial charge in [-0.3, -0.25) is 4.21 Å². The summed E-state index contributed by atoms with van der Waals surface area (Å²) in [6.07, 6.45) is 3.14. The van der Waals surface area contributed by atoms with Crippen LogP contribution in [0.15, 0.2) is 18.2 Å². The summed E-state index contributed by atoms with van der Waals surface area (Å²) in [7, 11) is -0.963. The largest absolute Gasteiger partial charge is 0.326 e. The van der Waals surface area contributed by atoms with Crippen molar-refractivity contribution in [2.24, 2.45) is 5.73 Å². The molecule has 1 atom stereocenters. The van der Waals surface area contributed by atoms with E-state index in [0.29, 0.717) is 23.6 Å². The van der Waals surface area contributed by atoms with Gasteiger partial charge in [-0.05, 0) is 18.1 Å². The second kappa shape index (κ2) is 7.56. The zero-order valence-electron chi connectivity index (χ0n) is 10.2. The molecule has 0 aromatic heterocycles. The van der Waals surface area contributed by atoms with Crippen LogP contribution in [-0.2, 0) is 23.1 Å². The molecule has 0 amide bonds. The minimum Gasteiger partial charge on any atom is -0.326 e. The van der Waals surface area contributed by atoms with Gasteiger partial charge in [-0.15, -0.1) is 0 Å². The fourth-order valence-electron chi connectivity index (χ4n) is 1.59. The van der Waals surface area contributed by atoms with Crippen molar-refractivity contribution in [1.29, 1.82) is 0 Å². The molecule has 1 aromatic carbocycles. The minimum absolute atomic E-state index is 0.295. The summed E-state index contributed by atoms with van der Waals surface area (Å²) in [5.41, 5.74) is 6.72. The Labute approximate surface area is 105 Å². The number of halogens is 1. The molecule has 0 heterocycles. The summed E-state index contributed by atoms with van der Waals surface area (Å²) in [6, 6.07) is 4.91. The van der Waals surface area contributed by atoms with Crippen LogP contribution in [0.3, 0.4) is 0 Å². The quantitative estimate of drug-likeness (QED) is 0.763. The third kappa shape index (κ3) is 4.96. The minimum atomic E-state index is -0.963. The molecule has 96 valence electrons. The van der Waals surface area contributed by atoms with Gasteiger partial charge in [-0.1, -0.05) is 31.9 Å². The van der Waals surface area contributed by atoms with Crippen LogP contribution in [0, 0.1) is 5.82 Å². The van der Waals surface area contributed by atoms with E-state index in [2.05, 4.69) is 6.92 Å². The van der Waals surface area contributed by atoms with E-state index < -0.39 is 10.8 Å². The van der Waals surface area contributed by atoms with Crippen molar-refractivity contribution in [3.05, 3.63) is 35.1 Å². The Morgan fingerprint density at radius 2 is 2.12 bits per heavy atom. The highest BCUT2D eigenvalue weighted by Gasteiger charge is 2.07. The molecule has 4 heteroatoms. The molecule has 1 rings (SSSR count). The Kier molecular flexibility index (Phi) is 6.37. The number of nitrogens with two attached hydrogens (primary N) is 1. The van der Waals surface area contributed by atoms with E-state index in [4.69, 9.17) is 5.73 Å². The van der Waals surface area contributed by atoms with Gasteiger partial charge in [0.1, 0.15) is 5.82 Å². The lowest BCUT2D eigenvalue weighted by Crippen LogP contribution is -2.04. The molecular formula is C13H20FNOS. The van der Waals surface area contributed by atoms with E-state index in [0.717, 1.165) is 24.8 Å². The zero-order chi connectivity index (χ0) is 12.7. The van der Waals surface area contributed by atoms with Crippen molar-refractivity contribution in [3.63, 3.8) is 0 Å². The number of rotatable bonds is 7. The highest BCUT2D eigenvalue weighted by molar-refractivity contribution is 7.84. The van der Waals surface area contributed by atoms with Crippen molar-refractivity contribution in [2.75, 3.05) is 5.75 Å². The van der Waals surface area contributed by atoms with Gasteiger partial charge in [-0.25, -0.2) is 4.39 Å². The SMILES string of the molecule is CCCCCS(=O)Cc1ccc(CN)cc1F. The Bertz CT molecular complexity index is 382. The molecule has 1 aromatic rings. The number of benzene rings is 1. The first-order valence-electron chi connectivity index (χ1n) is 5.99. The summed E-state index contributed by atoms with van der Waals surface area (Å²) in [6.45, 7) is 2.44. The molecule has 2 nitrogen and oxygen atoms in total. The van der Waals surface area contributed by atoms with Gasteiger partial charge in [0.15, 0.2) is 0 Å². The first kappa shape index (κ1) is 14.3. The molecule has 0 bridgehead atoms. The first-order valence-corrected chi connectivity index (χ1v) is 7.48. The maximum absolute atomic E-state index is 13.6. The molecule has 0 aliphatic rings. The maximum Gasteiger partial charge on any atom is 0.127 e. The van der Waals surface area contributed by atoms with Crippen LogP contribution >= 0.6 is 0 Å². The molecule has 0 fully saturated rings. The summed E-state index contributed by atoms with van der Waals surface area (Å²) in [5.74, 6) is 0.670. The van der Waals surface area contributed by atoms with Crippen LogP contribution in [0.5, 0.6) is 0 Å². The molecular weight excluding hydrogens is 237 g/mol. The van der Waals surface area contributed by atoms with Gasteiger partial charge in [0.2, 0.25) is 0 Å². The predicted molar refractivity (Wildman–Crippen MR) is 70.5 cm³/mol. The Morgan fingerprint density at radius 1 is 1.35 bits per heavy atom. The Hall–Kier alpha value is -0.740. The second-order valence-electron chi connectivity index (χ2n) is 4.13. The topological polar surface area (TPSA) is 43.1 Å². The van der Waals surface area contributed by atoms with E-state index >= 15 is 0 Å². The van der Waals surface area contributed by atoms with Crippen molar-refractivity contribution >= 4 is 10.8 Å². The van der Waals surface area contributed by atoms with E-state index in [1.165, 1.54) is 6.07 Å². The van der Waals surface area contributed by atoms with Crippen LogP contribution < -0.4 is 5.73 Å². The van der Waals surface area contributed by atoms with Crippen molar-refractivity contribution in [3.8, 4) is 0 Å². The first-order chi connectivity index (χ1) is 8.17. The summed E-state index contributed by atoms with van der Waals surface area (Å²) in [5, 5.41) is 0. The lowest BCUT2D eigenvalue weighted by atomic mass is 10.1. The highest BCUT2D eigenvalue weighted by Crippen LogP contribution is 2.13. The van der Waals surface area contributed by atoms with Crippen LogP contribution in [0.4, 0.5) is 4.39 Å². The van der Waals surface area contributed by atoms with Gasteiger partial charge >= 0.3 is 0 Å². The molecule has 0 aliphatic carbocycles. The van der Waals surface area contributed by atoms with E-state index in [1.807, 2.05) is 0 Å². The van der Waals surface area contributed by atoms with Crippen molar-refractivity contribution < 1.29 is 8.60 Å². The van der Waals surface area contributed by atoms with Crippen LogP contribution in [0.25, 0.3) is 0 Å². The van der Waals surface area contributed by atoms with E-state index in [9.17, 15) is 8.60 Å². The van der Waals surface area contributed by atoms with Gasteiger partial charge in [0.25, 0.3) is 0 Å². The van der Waals surface area contributed by atoms with Crippen LogP contribution in [0.1, 0.15) is 37.3 Å². The molecule has 1 unspecified atom stereocenters. The molecule has 0 saturated heterocycles. The normalized spacial score (nSPS) is 12.6. The van der Waals surface area contributed by atoms with Gasteiger partial charge in [0.05, 0.1) is 5.75 Å². The fraction of sp³-hybridized carbons (Fsp3) is 0.538. The maximum atomic E-state index is 13.6. The molecule has 17 heavy (non-hydrogen) atoms. The van der Waals surface area contributed by atoms with Crippen molar-refractivity contribution in [1.82, 2.24) is 0 Å². The molecule has 0 saturated carbocycles. The highest BCUT2D eigenvalue weighted by atomic mass is 32.2. The molecule has 0 radical (unpaired) electrons. The smallest absolute Gasteiger partial charge is 0.127 e. The number of hydrogen-bond donors (Lipinski definition) is 1. The van der Waals surface area contributed by atoms with Gasteiger partial charge in [-0.2, -0.15) is 0 Å². The lowest BCUT2D eigenvalue weighted by molar-refractivity contribution is 0.612. The average Bonchev–Trinajstić information content (AvgIpc) is 2.32. The van der Waals surface area contributed by atoms with Crippen LogP contribution in [-0.4, -0.2) is 9.96 Å². The third-order valence-corrected chi connectivity index (χ3v) is 4.02. The fourth-order valence-corrected chi connectivity index (χ4v) is 2.84. The molecule has 0 spiro atoms. The molecule has 2 N–H and O–H groups in total. The number of hydrogen-bond acceptors (Lipinski definition) is 2. The summed E-state index contributed by atoms with van der Waals surface area (Å²) < 4.78 is 25.3. The third-order valence-electron chi connectivity index (χ3n) is 2.65. The lowest BCUT2D eigenvalue weighted by Gasteiger charge is -2.05. The van der Waals surface area contributed by atoms with Crippen LogP contribution in [0.2, 0.25) is 0 Å². The van der Waals surface area contributed by atoms with Gasteiger partial charge in [0, 0.05) is 28.7 Å². The zero-order valence-corrected chi connectivity index (χ0v) is 11.1. The van der Waals surface area contributed by atoms with E-state index in [1.54, 1.807) is 12.1 Å².